The molecule has 0 unspecified atom stereocenters. The van der Waals surface area contributed by atoms with Gasteiger partial charge in [-0.15, -0.1) is 0 Å². The quantitative estimate of drug-likeness (QED) is 0.0510. The first kappa shape index (κ1) is 89.0. The third-order valence-corrected chi connectivity index (χ3v) is 27.9. The van der Waals surface area contributed by atoms with Crippen molar-refractivity contribution < 1.29 is 0 Å². The molecule has 0 N–H and O–H groups in total. The highest BCUT2D eigenvalue weighted by molar-refractivity contribution is 6.14. The summed E-state index contributed by atoms with van der Waals surface area (Å²) in [5, 5.41) is 12.5. The van der Waals surface area contributed by atoms with Crippen LogP contribution in [0.2, 0.25) is 0 Å². The molecule has 0 spiro atoms. The molecule has 0 aliphatic heterocycles. The second kappa shape index (κ2) is 40.2. The zero-order valence-corrected chi connectivity index (χ0v) is 80.5. The van der Waals surface area contributed by atoms with E-state index >= 15 is 0 Å². The van der Waals surface area contributed by atoms with E-state index in [4.69, 9.17) is 0 Å². The Balaban J connectivity index is 0.000000159. The van der Waals surface area contributed by atoms with Crippen molar-refractivity contribution in [1.82, 2.24) is 9.13 Å². The van der Waals surface area contributed by atoms with E-state index in [1.54, 1.807) is 0 Å². The molecule has 0 radical (unpaired) electrons. The summed E-state index contributed by atoms with van der Waals surface area (Å²) in [6, 6.07) is 192. The molecule has 24 aromatic rings. The SMILES string of the molecule is CCCN(c1ccc(-c2ccc3c(c2)c2cc(-c4ccc(N(CCC)c5cccc6ccccc56)cc4)ccc2n3-c2ccc(N(CCC)c3cccc4ccccc34)cc2)cc1)c1cccc2ccccc12.c1ccc(N(c2ccccc2)c2ccc(-c3ccc4c(c3)c3cc(-c5ccc(N(c6ccccc6)c6ccccc6)cc5)ccc3n4-c3ccc(N(c4ccccc4)c4ccccc4)cc3)cc2)cc1. The van der Waals surface area contributed by atoms with Gasteiger partial charge < -0.3 is 38.5 Å². The van der Waals surface area contributed by atoms with E-state index in [0.717, 1.165) is 135 Å². The minimum Gasteiger partial charge on any atom is -0.341 e. The van der Waals surface area contributed by atoms with E-state index in [9.17, 15) is 0 Å². The molecule has 2 aromatic heterocycles. The van der Waals surface area contributed by atoms with E-state index in [2.05, 4.69) is 587 Å². The van der Waals surface area contributed by atoms with Crippen LogP contribution >= 0.6 is 0 Å². The highest BCUT2D eigenvalue weighted by atomic mass is 15.2. The maximum absolute atomic E-state index is 2.47. The molecule has 0 aliphatic rings. The minimum atomic E-state index is 0.926. The van der Waals surface area contributed by atoms with Gasteiger partial charge >= 0.3 is 0 Å². The Morgan fingerprint density at radius 3 is 0.580 bits per heavy atom. The second-order valence-corrected chi connectivity index (χ2v) is 36.8. The third kappa shape index (κ3) is 17.8. The third-order valence-electron chi connectivity index (χ3n) is 27.9. The average Bonchev–Trinajstić information content (AvgIpc) is 1.58. The maximum atomic E-state index is 2.47. The maximum Gasteiger partial charge on any atom is 0.0541 e. The van der Waals surface area contributed by atoms with E-state index in [0.29, 0.717) is 0 Å². The van der Waals surface area contributed by atoms with Crippen LogP contribution in [0.25, 0.3) is 132 Å². The van der Waals surface area contributed by atoms with Crippen LogP contribution in [-0.4, -0.2) is 28.8 Å². The van der Waals surface area contributed by atoms with Crippen LogP contribution in [0.15, 0.2) is 528 Å². The van der Waals surface area contributed by atoms with E-state index in [-0.39, 0.29) is 0 Å². The Bertz CT molecular complexity index is 8060. The van der Waals surface area contributed by atoms with Gasteiger partial charge in [0.15, 0.2) is 0 Å². The summed E-state index contributed by atoms with van der Waals surface area (Å²) >= 11 is 0. The summed E-state index contributed by atoms with van der Waals surface area (Å²) in [6.07, 6.45) is 3.13. The number of rotatable bonds is 27. The van der Waals surface area contributed by atoms with Crippen LogP contribution in [0.4, 0.5) is 85.3 Å². The van der Waals surface area contributed by atoms with Crippen molar-refractivity contribution in [2.24, 2.45) is 0 Å². The molecular formula is C135H108N8. The van der Waals surface area contributed by atoms with Gasteiger partial charge in [0.2, 0.25) is 0 Å². The van der Waals surface area contributed by atoms with Gasteiger partial charge in [-0.2, -0.15) is 0 Å². The lowest BCUT2D eigenvalue weighted by Crippen LogP contribution is -2.18. The summed E-state index contributed by atoms with van der Waals surface area (Å²) in [5.74, 6) is 0. The minimum absolute atomic E-state index is 0.926. The molecule has 0 saturated heterocycles. The van der Waals surface area contributed by atoms with E-state index in [1.807, 2.05) is 0 Å². The topological polar surface area (TPSA) is 29.3 Å². The predicted octanol–water partition coefficient (Wildman–Crippen LogP) is 37.7. The lowest BCUT2D eigenvalue weighted by Gasteiger charge is -2.26. The second-order valence-electron chi connectivity index (χ2n) is 36.8. The standard InChI is InChI=1S/C69H60N4.C66H48N4/c1-4-44-70(65-25-13-19-51-16-7-10-22-60(51)65)56-34-28-49(29-35-56)54-32-42-68-63(47-54)64-48-55(50-30-36-57(37-31-50)71(45-5-2)66-26-14-20-52-17-8-11-23-61(52)66)33-43-69(64)73(68)59-40-38-58(39-41-59)72(46-6-3)67-27-15-21-53-18-9-12-24-62(53)67;1-7-19-53(20-8-1)67(54-21-9-2-10-22-54)59-37-31-49(32-38-59)51-35-45-65-63(47-51)64-48-52(50-33-39-60(40-34-50)68(55-23-11-3-12-24-55)56-25-13-4-14-26-56)36-46-66(64)70(65)62-43-41-61(42-44-62)69(57-27-15-5-16-28-57)58-29-17-6-18-30-58/h7-43,47-48H,4-6,44-46H2,1-3H3;1-48H. The fourth-order valence-electron chi connectivity index (χ4n) is 21.1. The van der Waals surface area contributed by atoms with Gasteiger partial charge in [0.05, 0.1) is 22.1 Å². The summed E-state index contributed by atoms with van der Waals surface area (Å²) in [7, 11) is 0. The molecule has 24 rings (SSSR count). The largest absolute Gasteiger partial charge is 0.341 e. The molecule has 0 atom stereocenters. The lowest BCUT2D eigenvalue weighted by atomic mass is 9.99. The van der Waals surface area contributed by atoms with Gasteiger partial charge in [-0.3, -0.25) is 0 Å². The molecule has 143 heavy (non-hydrogen) atoms. The molecule has 8 nitrogen and oxygen atoms in total. The highest BCUT2D eigenvalue weighted by Crippen LogP contribution is 2.47. The number of hydrogen-bond acceptors (Lipinski definition) is 6. The normalized spacial score (nSPS) is 11.3. The number of anilines is 15. The Morgan fingerprint density at radius 2 is 0.343 bits per heavy atom. The van der Waals surface area contributed by atoms with Crippen LogP contribution in [0, 0.1) is 0 Å². The van der Waals surface area contributed by atoms with Crippen LogP contribution in [0.1, 0.15) is 40.0 Å². The highest BCUT2D eigenvalue weighted by Gasteiger charge is 2.25. The van der Waals surface area contributed by atoms with E-state index in [1.165, 1.54) is 121 Å². The van der Waals surface area contributed by atoms with Crippen molar-refractivity contribution in [2.75, 3.05) is 49.0 Å². The fraction of sp³-hybridized carbons (Fsp3) is 0.0667. The van der Waals surface area contributed by atoms with Gasteiger partial charge in [0.25, 0.3) is 0 Å². The first-order chi connectivity index (χ1) is 70.8. The molecule has 0 amide bonds. The predicted molar refractivity (Wildman–Crippen MR) is 611 cm³/mol. The summed E-state index contributed by atoms with van der Waals surface area (Å²) in [4.78, 5) is 14.3. The van der Waals surface area contributed by atoms with Gasteiger partial charge in [0.1, 0.15) is 0 Å². The van der Waals surface area contributed by atoms with Gasteiger partial charge in [0, 0.05) is 154 Å². The van der Waals surface area contributed by atoms with Crippen LogP contribution in [0.3, 0.4) is 0 Å². The van der Waals surface area contributed by atoms with Crippen molar-refractivity contribution in [3.05, 3.63) is 528 Å². The molecule has 2 heterocycles. The van der Waals surface area contributed by atoms with Crippen molar-refractivity contribution in [2.45, 2.75) is 40.0 Å². The molecule has 8 heteroatoms. The number of benzene rings is 22. The summed E-state index contributed by atoms with van der Waals surface area (Å²) in [6.45, 7) is 9.58. The van der Waals surface area contributed by atoms with E-state index < -0.39 is 0 Å². The first-order valence-corrected chi connectivity index (χ1v) is 50.1. The molecular weight excluding hydrogens is 1730 g/mol. The van der Waals surface area contributed by atoms with Crippen LogP contribution < -0.4 is 29.4 Å². The van der Waals surface area contributed by atoms with Crippen LogP contribution in [0.5, 0.6) is 0 Å². The van der Waals surface area contributed by atoms with Gasteiger partial charge in [-0.1, -0.05) is 312 Å². The Hall–Kier alpha value is -18.0. The monoisotopic (exact) mass is 1840 g/mol. The van der Waals surface area contributed by atoms with Crippen molar-refractivity contribution in [1.29, 1.82) is 0 Å². The number of hydrogen-bond donors (Lipinski definition) is 0. The van der Waals surface area contributed by atoms with Gasteiger partial charge in [-0.25, -0.2) is 0 Å². The molecule has 0 aliphatic carbocycles. The summed E-state index contributed by atoms with van der Waals surface area (Å²) < 4.78 is 4.87. The molecule has 22 aromatic carbocycles. The number of aromatic nitrogens is 2. The fourth-order valence-corrected chi connectivity index (χ4v) is 21.1. The van der Waals surface area contributed by atoms with Crippen molar-refractivity contribution in [3.8, 4) is 55.9 Å². The smallest absolute Gasteiger partial charge is 0.0541 e. The van der Waals surface area contributed by atoms with Gasteiger partial charge in [-0.05, 0) is 317 Å². The summed E-state index contributed by atoms with van der Waals surface area (Å²) in [5.41, 5.74) is 33.7. The first-order valence-electron chi connectivity index (χ1n) is 50.1. The molecule has 688 valence electrons. The average molecular weight is 1840 g/mol. The Kier molecular flexibility index (Phi) is 25.0. The van der Waals surface area contributed by atoms with Crippen molar-refractivity contribution >= 4 is 161 Å². The Morgan fingerprint density at radius 1 is 0.154 bits per heavy atom. The zero-order chi connectivity index (χ0) is 95.9. The number of para-hydroxylation sites is 6. The van der Waals surface area contributed by atoms with Crippen LogP contribution in [-0.2, 0) is 0 Å². The number of nitrogens with zero attached hydrogens (tertiary/aromatic N) is 8. The molecule has 0 saturated carbocycles. The zero-order valence-electron chi connectivity index (χ0n) is 80.5. The molecule has 0 bridgehead atoms. The number of fused-ring (bicyclic) bond motifs is 9. The van der Waals surface area contributed by atoms with Crippen molar-refractivity contribution in [3.63, 3.8) is 0 Å². The Labute approximate surface area is 837 Å². The molecule has 0 fully saturated rings. The lowest BCUT2D eigenvalue weighted by molar-refractivity contribution is 0.888.